The second-order valence-electron chi connectivity index (χ2n) is 14.7. The predicted molar refractivity (Wildman–Crippen MR) is 203 cm³/mol. The number of alkyl halides is 1. The van der Waals surface area contributed by atoms with Crippen LogP contribution in [0.2, 0.25) is 0 Å². The summed E-state index contributed by atoms with van der Waals surface area (Å²) in [4.78, 5) is 58.1. The molecule has 4 atom stereocenters. The van der Waals surface area contributed by atoms with E-state index in [9.17, 15) is 23.9 Å². The van der Waals surface area contributed by atoms with Gasteiger partial charge in [0.1, 0.15) is 24.4 Å². The van der Waals surface area contributed by atoms with E-state index >= 15 is 0 Å². The quantitative estimate of drug-likeness (QED) is 0.0698. The van der Waals surface area contributed by atoms with Gasteiger partial charge in [0.15, 0.2) is 0 Å². The Hall–Kier alpha value is -5.08. The molecule has 2 fully saturated rings. The molecule has 2 aliphatic rings. The zero-order valence-corrected chi connectivity index (χ0v) is 31.3. The van der Waals surface area contributed by atoms with Crippen molar-refractivity contribution in [3.05, 3.63) is 72.6 Å². The number of hydrogen-bond donors (Lipinski definition) is 5. The molecule has 3 amide bonds. The highest BCUT2D eigenvalue weighted by atomic mass is 19.1. The van der Waals surface area contributed by atoms with Crippen molar-refractivity contribution in [3.8, 4) is 33.6 Å². The Labute approximate surface area is 315 Å². The summed E-state index contributed by atoms with van der Waals surface area (Å²) in [7, 11) is 0. The van der Waals surface area contributed by atoms with Crippen molar-refractivity contribution in [2.45, 2.75) is 77.5 Å². The van der Waals surface area contributed by atoms with Crippen LogP contribution in [0, 0.1) is 11.8 Å². The number of imidazole rings is 2. The highest BCUT2D eigenvalue weighted by molar-refractivity contribution is 5.86. The first-order chi connectivity index (χ1) is 26.0. The molecule has 4 heterocycles. The lowest BCUT2D eigenvalue weighted by atomic mass is 10.0. The van der Waals surface area contributed by atoms with Crippen molar-refractivity contribution in [2.75, 3.05) is 33.1 Å². The normalized spacial score (nSPS) is 18.4. The fourth-order valence-electron chi connectivity index (χ4n) is 7.51. The van der Waals surface area contributed by atoms with Crippen molar-refractivity contribution in [2.24, 2.45) is 11.8 Å². The molecule has 0 spiro atoms. The number of carbonyl (C=O) groups excluding carboxylic acids is 2. The van der Waals surface area contributed by atoms with Crippen molar-refractivity contribution >= 4 is 17.9 Å². The fraction of sp³-hybridized carbons (Fsp3) is 0.475. The maximum atomic E-state index is 13.6. The van der Waals surface area contributed by atoms with Crippen LogP contribution in [-0.2, 0) is 14.3 Å². The molecule has 288 valence electrons. The number of aromatic amines is 2. The third kappa shape index (κ3) is 8.65. The lowest BCUT2D eigenvalue weighted by Gasteiger charge is -2.30. The molecular formula is C40H51FN8O5. The van der Waals surface area contributed by atoms with Crippen molar-refractivity contribution in [1.29, 1.82) is 0 Å². The largest absolute Gasteiger partial charge is 0.465 e. The second kappa shape index (κ2) is 17.4. The van der Waals surface area contributed by atoms with Crippen molar-refractivity contribution in [1.82, 2.24) is 40.4 Å². The van der Waals surface area contributed by atoms with E-state index in [0.29, 0.717) is 18.9 Å². The zero-order chi connectivity index (χ0) is 38.4. The Bertz CT molecular complexity index is 1880. The molecule has 1 unspecified atom stereocenters. The fourth-order valence-corrected chi connectivity index (χ4v) is 7.51. The van der Waals surface area contributed by atoms with Gasteiger partial charge in [-0.2, -0.15) is 0 Å². The van der Waals surface area contributed by atoms with Crippen molar-refractivity contribution < 1.29 is 28.6 Å². The van der Waals surface area contributed by atoms with Crippen LogP contribution in [0.15, 0.2) is 60.9 Å². The van der Waals surface area contributed by atoms with Gasteiger partial charge < -0.3 is 34.9 Å². The Kier molecular flexibility index (Phi) is 12.4. The molecule has 0 radical (unpaired) electrons. The summed E-state index contributed by atoms with van der Waals surface area (Å²) in [6.07, 6.45) is 5.66. The van der Waals surface area contributed by atoms with Gasteiger partial charge in [-0.1, -0.05) is 76.2 Å². The van der Waals surface area contributed by atoms with Gasteiger partial charge in [0.05, 0.1) is 55.2 Å². The predicted octanol–water partition coefficient (Wildman–Crippen LogP) is 6.31. The highest BCUT2D eigenvalue weighted by Gasteiger charge is 2.38. The minimum Gasteiger partial charge on any atom is -0.465 e. The highest BCUT2D eigenvalue weighted by Crippen LogP contribution is 2.35. The number of nitrogens with zero attached hydrogens (tertiary/aromatic N) is 4. The third-order valence-corrected chi connectivity index (χ3v) is 10.4. The van der Waals surface area contributed by atoms with Crippen LogP contribution in [0.1, 0.15) is 77.1 Å². The van der Waals surface area contributed by atoms with E-state index in [-0.39, 0.29) is 49.1 Å². The van der Waals surface area contributed by atoms with Crippen LogP contribution in [0.5, 0.6) is 0 Å². The average molecular weight is 743 g/mol. The Morgan fingerprint density at radius 3 is 1.65 bits per heavy atom. The number of amides is 3. The molecule has 14 heteroatoms. The summed E-state index contributed by atoms with van der Waals surface area (Å²) < 4.78 is 17.7. The van der Waals surface area contributed by atoms with Crippen LogP contribution in [0.4, 0.5) is 9.18 Å². The van der Waals surface area contributed by atoms with Gasteiger partial charge in [0.2, 0.25) is 11.8 Å². The van der Waals surface area contributed by atoms with E-state index in [2.05, 4.69) is 62.0 Å². The molecule has 2 aromatic heterocycles. The molecule has 4 aromatic rings. The monoisotopic (exact) mass is 742 g/mol. The van der Waals surface area contributed by atoms with Crippen LogP contribution in [-0.4, -0.2) is 97.9 Å². The summed E-state index contributed by atoms with van der Waals surface area (Å²) in [5.41, 5.74) is 5.77. The zero-order valence-electron chi connectivity index (χ0n) is 31.3. The SMILES string of the molecule is CC(C)[C@H](NCOCCF)C(=O)N1CCCC1c1ncc(-c2ccc(-c3ccc(-c4cnc([C@@H]5CCCN5C(=O)[C@@H](NC(=O)O)C(C)C)[nH]4)cc3)cc2)[nH]1. The second-order valence-corrected chi connectivity index (χ2v) is 14.7. The van der Waals surface area contributed by atoms with E-state index in [4.69, 9.17) is 9.72 Å². The molecule has 0 bridgehead atoms. The summed E-state index contributed by atoms with van der Waals surface area (Å²) in [6, 6.07) is 14.8. The maximum absolute atomic E-state index is 13.6. The molecule has 2 aliphatic heterocycles. The third-order valence-electron chi connectivity index (χ3n) is 10.4. The molecule has 54 heavy (non-hydrogen) atoms. The number of hydrogen-bond acceptors (Lipinski definition) is 7. The first kappa shape index (κ1) is 38.6. The molecule has 13 nitrogen and oxygen atoms in total. The minimum absolute atomic E-state index is 0.00195. The minimum atomic E-state index is -1.21. The molecular weight excluding hydrogens is 691 g/mol. The lowest BCUT2D eigenvalue weighted by Crippen LogP contribution is -2.50. The number of halogens is 1. The molecule has 2 saturated heterocycles. The van der Waals surface area contributed by atoms with E-state index in [1.54, 1.807) is 11.1 Å². The Balaban J connectivity index is 1.09. The molecule has 5 N–H and O–H groups in total. The number of ether oxygens (including phenoxy) is 1. The molecule has 6 rings (SSSR count). The van der Waals surface area contributed by atoms with Gasteiger partial charge in [-0.05, 0) is 59.8 Å². The Morgan fingerprint density at radius 1 is 0.778 bits per heavy atom. The smallest absolute Gasteiger partial charge is 0.405 e. The number of benzene rings is 2. The molecule has 2 aromatic carbocycles. The van der Waals surface area contributed by atoms with Crippen LogP contribution in [0.3, 0.4) is 0 Å². The van der Waals surface area contributed by atoms with Gasteiger partial charge in [0.25, 0.3) is 0 Å². The summed E-state index contributed by atoms with van der Waals surface area (Å²) in [6.45, 7) is 8.39. The summed E-state index contributed by atoms with van der Waals surface area (Å²) >= 11 is 0. The number of aromatic nitrogens is 4. The first-order valence-corrected chi connectivity index (χ1v) is 18.8. The topological polar surface area (TPSA) is 169 Å². The summed E-state index contributed by atoms with van der Waals surface area (Å²) in [5.74, 6) is 1.07. The van der Waals surface area contributed by atoms with E-state index in [1.807, 2.05) is 50.9 Å². The van der Waals surface area contributed by atoms with E-state index in [0.717, 1.165) is 65.1 Å². The molecule has 0 saturated carbocycles. The van der Waals surface area contributed by atoms with E-state index in [1.165, 1.54) is 0 Å². The number of carboxylic acid groups (broad SMARTS) is 1. The average Bonchev–Trinajstić information content (AvgIpc) is 4.00. The van der Waals surface area contributed by atoms with Gasteiger partial charge in [-0.15, -0.1) is 0 Å². The van der Waals surface area contributed by atoms with Gasteiger partial charge >= 0.3 is 6.09 Å². The van der Waals surface area contributed by atoms with Crippen LogP contribution >= 0.6 is 0 Å². The lowest BCUT2D eigenvalue weighted by molar-refractivity contribution is -0.136. The number of carbonyl (C=O) groups is 3. The van der Waals surface area contributed by atoms with Crippen molar-refractivity contribution in [3.63, 3.8) is 0 Å². The first-order valence-electron chi connectivity index (χ1n) is 18.8. The summed E-state index contributed by atoms with van der Waals surface area (Å²) in [5, 5.41) is 14.8. The number of rotatable bonds is 15. The van der Waals surface area contributed by atoms with Gasteiger partial charge in [-0.25, -0.2) is 19.2 Å². The standard InChI is InChI=1S/C40H51FN8O5/c1-24(2)34(44-23-54-20-17-41)38(50)48-18-5-7-32(48)36-42-21-30(45-36)28-13-9-26(10-14-28)27-11-15-29(16-12-27)31-22-43-37(46-31)33-8-6-19-49(33)39(51)35(25(3)4)47-40(52)53/h9-16,21-22,24-25,32-35,44,47H,5-8,17-20,23H2,1-4H3,(H,42,45)(H,43,46)(H,52,53)/t32?,33-,34-,35-/m0/s1. The molecule has 0 aliphatic carbocycles. The van der Waals surface area contributed by atoms with Crippen LogP contribution < -0.4 is 10.6 Å². The number of nitrogens with one attached hydrogen (secondary N) is 4. The van der Waals surface area contributed by atoms with E-state index < -0.39 is 24.9 Å². The number of likely N-dealkylation sites (tertiary alicyclic amines) is 2. The van der Waals surface area contributed by atoms with Gasteiger partial charge in [-0.3, -0.25) is 14.9 Å². The maximum Gasteiger partial charge on any atom is 0.405 e. The van der Waals surface area contributed by atoms with Crippen LogP contribution in [0.25, 0.3) is 33.6 Å². The Morgan fingerprint density at radius 2 is 1.22 bits per heavy atom. The van der Waals surface area contributed by atoms with Gasteiger partial charge in [0, 0.05) is 13.1 Å². The number of H-pyrrole nitrogens is 2.